The number of hydrogen-bond acceptors (Lipinski definition) is 5. The highest BCUT2D eigenvalue weighted by atomic mass is 16.2. The average Bonchev–Trinajstić information content (AvgIpc) is 3.15. The lowest BCUT2D eigenvalue weighted by molar-refractivity contribution is -0.191. The van der Waals surface area contributed by atoms with Gasteiger partial charge in [0.05, 0.1) is 11.6 Å². The minimum absolute atomic E-state index is 0.250. The molecule has 0 spiro atoms. The third-order valence-electron chi connectivity index (χ3n) is 6.87. The molecule has 0 radical (unpaired) electrons. The van der Waals surface area contributed by atoms with Crippen LogP contribution in [0.5, 0.6) is 0 Å². The number of aryl methyl sites for hydroxylation is 2. The van der Waals surface area contributed by atoms with Gasteiger partial charge >= 0.3 is 6.15 Å². The van der Waals surface area contributed by atoms with Gasteiger partial charge in [-0.05, 0) is 107 Å². The Morgan fingerprint density at radius 2 is 1.82 bits per heavy atom. The van der Waals surface area contributed by atoms with Crippen molar-refractivity contribution in [1.29, 1.82) is 5.26 Å². The number of aromatic nitrogens is 1. The summed E-state index contributed by atoms with van der Waals surface area (Å²) in [6.07, 6.45) is 3.79. The van der Waals surface area contributed by atoms with E-state index >= 15 is 0 Å². The molecule has 0 aliphatic carbocycles. The first-order valence-corrected chi connectivity index (χ1v) is 12.0. The van der Waals surface area contributed by atoms with Gasteiger partial charge in [0.15, 0.2) is 0 Å². The minimum atomic E-state index is 0.250. The number of aromatic amines is 1. The SMILES string of the molecule is CCc1ccc(N(c2[nH]c3cc(C#N)ccc3c2C)C(C)C)cc1C1CCN(C)CC1.O=C=O. The molecule has 6 heteroatoms. The monoisotopic (exact) mass is 458 g/mol. The van der Waals surface area contributed by atoms with Crippen molar-refractivity contribution < 1.29 is 9.59 Å². The summed E-state index contributed by atoms with van der Waals surface area (Å²) in [6.45, 7) is 11.3. The number of hydrogen-bond donors (Lipinski definition) is 1. The molecule has 1 saturated heterocycles. The van der Waals surface area contributed by atoms with Gasteiger partial charge in [0.2, 0.25) is 0 Å². The van der Waals surface area contributed by atoms with Crippen LogP contribution in [0.1, 0.15) is 61.8 Å². The van der Waals surface area contributed by atoms with Crippen molar-refractivity contribution in [3.8, 4) is 6.07 Å². The fourth-order valence-electron chi connectivity index (χ4n) is 5.07. The third-order valence-corrected chi connectivity index (χ3v) is 6.87. The van der Waals surface area contributed by atoms with Gasteiger partial charge in [-0.3, -0.25) is 0 Å². The molecule has 2 heterocycles. The summed E-state index contributed by atoms with van der Waals surface area (Å²) in [6, 6.07) is 15.5. The Morgan fingerprint density at radius 1 is 1.15 bits per heavy atom. The van der Waals surface area contributed by atoms with Gasteiger partial charge in [-0.25, -0.2) is 0 Å². The van der Waals surface area contributed by atoms with Gasteiger partial charge in [0, 0.05) is 22.6 Å². The number of H-pyrrole nitrogens is 1. The van der Waals surface area contributed by atoms with E-state index in [1.165, 1.54) is 53.7 Å². The second-order valence-corrected chi connectivity index (χ2v) is 9.33. The molecule has 0 unspecified atom stereocenters. The van der Waals surface area contributed by atoms with Crippen molar-refractivity contribution in [2.45, 2.75) is 58.9 Å². The van der Waals surface area contributed by atoms with E-state index in [0.717, 1.165) is 17.8 Å². The van der Waals surface area contributed by atoms with Crippen LogP contribution in [0.2, 0.25) is 0 Å². The second kappa shape index (κ2) is 11.2. The molecule has 3 aromatic rings. The molecule has 0 atom stereocenters. The molecule has 0 saturated carbocycles. The number of carbonyl (C=O) groups excluding carboxylic acids is 2. The number of anilines is 2. The van der Waals surface area contributed by atoms with Crippen molar-refractivity contribution in [2.75, 3.05) is 25.0 Å². The summed E-state index contributed by atoms with van der Waals surface area (Å²) >= 11 is 0. The van der Waals surface area contributed by atoms with E-state index in [-0.39, 0.29) is 6.15 Å². The van der Waals surface area contributed by atoms with E-state index in [2.05, 4.69) is 79.9 Å². The summed E-state index contributed by atoms with van der Waals surface area (Å²) in [5.41, 5.74) is 7.20. The predicted molar refractivity (Wildman–Crippen MR) is 135 cm³/mol. The van der Waals surface area contributed by atoms with E-state index < -0.39 is 0 Å². The summed E-state index contributed by atoms with van der Waals surface area (Å²) < 4.78 is 0. The molecular formula is C28H34N4O2. The third kappa shape index (κ3) is 5.22. The van der Waals surface area contributed by atoms with E-state index in [9.17, 15) is 5.26 Å². The van der Waals surface area contributed by atoms with Crippen molar-refractivity contribution >= 4 is 28.6 Å². The molecule has 4 rings (SSSR count). The number of fused-ring (bicyclic) bond motifs is 1. The first-order valence-electron chi connectivity index (χ1n) is 12.0. The minimum Gasteiger partial charge on any atom is -0.341 e. The fourth-order valence-corrected chi connectivity index (χ4v) is 5.07. The molecule has 0 amide bonds. The van der Waals surface area contributed by atoms with Crippen LogP contribution >= 0.6 is 0 Å². The number of nitrogens with one attached hydrogen (secondary N) is 1. The molecular weight excluding hydrogens is 424 g/mol. The summed E-state index contributed by atoms with van der Waals surface area (Å²) in [7, 11) is 2.23. The Labute approximate surface area is 202 Å². The van der Waals surface area contributed by atoms with Gasteiger partial charge in [0.1, 0.15) is 5.82 Å². The van der Waals surface area contributed by atoms with Crippen LogP contribution in [0.15, 0.2) is 36.4 Å². The van der Waals surface area contributed by atoms with Crippen molar-refractivity contribution in [1.82, 2.24) is 9.88 Å². The molecule has 0 bridgehead atoms. The second-order valence-electron chi connectivity index (χ2n) is 9.33. The lowest BCUT2D eigenvalue weighted by atomic mass is 9.85. The molecule has 1 aliphatic rings. The Kier molecular flexibility index (Phi) is 8.28. The van der Waals surface area contributed by atoms with Crippen LogP contribution in [-0.2, 0) is 16.0 Å². The maximum absolute atomic E-state index is 9.29. The summed E-state index contributed by atoms with van der Waals surface area (Å²) in [4.78, 5) is 24.7. The van der Waals surface area contributed by atoms with Crippen molar-refractivity contribution in [3.05, 3.63) is 58.7 Å². The molecule has 34 heavy (non-hydrogen) atoms. The number of nitrogens with zero attached hydrogens (tertiary/aromatic N) is 3. The lowest BCUT2D eigenvalue weighted by Crippen LogP contribution is -2.30. The molecule has 178 valence electrons. The smallest absolute Gasteiger partial charge is 0.341 e. The normalized spacial score (nSPS) is 14.4. The largest absolute Gasteiger partial charge is 0.373 e. The summed E-state index contributed by atoms with van der Waals surface area (Å²) in [5, 5.41) is 10.5. The number of piperidine rings is 1. The highest BCUT2D eigenvalue weighted by Crippen LogP contribution is 2.38. The maximum Gasteiger partial charge on any atom is 0.373 e. The summed E-state index contributed by atoms with van der Waals surface area (Å²) in [5.74, 6) is 1.76. The standard InChI is InChI=1S/C27H34N4.CO2/c1-6-21-8-9-23(16-25(21)22-11-13-30(5)14-12-22)31(18(2)3)27-19(4)24-10-7-20(17-28)15-26(24)29-27;2-1-3/h7-10,15-16,18,22,29H,6,11-14H2,1-5H3;. The van der Waals surface area contributed by atoms with Gasteiger partial charge in [0.25, 0.3) is 0 Å². The molecule has 1 aliphatic heterocycles. The van der Waals surface area contributed by atoms with E-state index in [1.54, 1.807) is 0 Å². The zero-order chi connectivity index (χ0) is 24.8. The number of nitriles is 1. The Morgan fingerprint density at radius 3 is 2.41 bits per heavy atom. The molecule has 1 aromatic heterocycles. The highest BCUT2D eigenvalue weighted by Gasteiger charge is 2.24. The van der Waals surface area contributed by atoms with E-state index in [0.29, 0.717) is 17.5 Å². The van der Waals surface area contributed by atoms with Crippen LogP contribution in [0.4, 0.5) is 11.5 Å². The molecule has 2 aromatic carbocycles. The lowest BCUT2D eigenvalue weighted by Gasteiger charge is -2.33. The zero-order valence-electron chi connectivity index (χ0n) is 20.8. The Hall–Kier alpha value is -3.39. The Bertz CT molecular complexity index is 1210. The van der Waals surface area contributed by atoms with Crippen LogP contribution in [0, 0.1) is 18.3 Å². The number of likely N-dealkylation sites (tertiary alicyclic amines) is 1. The van der Waals surface area contributed by atoms with Crippen LogP contribution < -0.4 is 4.90 Å². The first kappa shape index (κ1) is 25.2. The van der Waals surface area contributed by atoms with Crippen molar-refractivity contribution in [2.24, 2.45) is 0 Å². The number of benzene rings is 2. The van der Waals surface area contributed by atoms with Gasteiger partial charge < -0.3 is 14.8 Å². The Balaban J connectivity index is 0.00000103. The van der Waals surface area contributed by atoms with Crippen molar-refractivity contribution in [3.63, 3.8) is 0 Å². The molecule has 1 N–H and O–H groups in total. The average molecular weight is 459 g/mol. The fraction of sp³-hybridized carbons (Fsp3) is 0.429. The molecule has 6 nitrogen and oxygen atoms in total. The van der Waals surface area contributed by atoms with E-state index in [1.807, 2.05) is 12.1 Å². The maximum atomic E-state index is 9.29. The van der Waals surface area contributed by atoms with Crippen LogP contribution in [-0.4, -0.2) is 42.2 Å². The zero-order valence-corrected chi connectivity index (χ0v) is 20.8. The van der Waals surface area contributed by atoms with Crippen LogP contribution in [0.25, 0.3) is 10.9 Å². The van der Waals surface area contributed by atoms with Gasteiger partial charge in [-0.2, -0.15) is 14.9 Å². The highest BCUT2D eigenvalue weighted by molar-refractivity contribution is 5.91. The molecule has 1 fully saturated rings. The van der Waals surface area contributed by atoms with Gasteiger partial charge in [-0.1, -0.05) is 19.1 Å². The number of rotatable bonds is 5. The quantitative estimate of drug-likeness (QED) is 0.532. The predicted octanol–water partition coefficient (Wildman–Crippen LogP) is 5.68. The topological polar surface area (TPSA) is 80.2 Å². The van der Waals surface area contributed by atoms with E-state index in [4.69, 9.17) is 9.59 Å². The van der Waals surface area contributed by atoms with Crippen LogP contribution in [0.3, 0.4) is 0 Å². The first-order chi connectivity index (χ1) is 16.3. The van der Waals surface area contributed by atoms with Gasteiger partial charge in [-0.15, -0.1) is 0 Å².